The van der Waals surface area contributed by atoms with Crippen molar-refractivity contribution in [1.82, 2.24) is 10.2 Å². The minimum absolute atomic E-state index is 0.0118. The predicted molar refractivity (Wildman–Crippen MR) is 85.1 cm³/mol. The summed E-state index contributed by atoms with van der Waals surface area (Å²) in [7, 11) is 0. The van der Waals surface area contributed by atoms with E-state index in [1.807, 2.05) is 6.07 Å². The van der Waals surface area contributed by atoms with Crippen LogP contribution in [0, 0.1) is 0 Å². The zero-order chi connectivity index (χ0) is 15.5. The summed E-state index contributed by atoms with van der Waals surface area (Å²) in [6, 6.07) is 2.23. The molecule has 1 aromatic heterocycles. The van der Waals surface area contributed by atoms with Crippen LogP contribution in [0.3, 0.4) is 0 Å². The Balaban J connectivity index is 1.55. The van der Waals surface area contributed by atoms with Gasteiger partial charge in [-0.2, -0.15) is 0 Å². The van der Waals surface area contributed by atoms with Crippen molar-refractivity contribution in [3.63, 3.8) is 0 Å². The average Bonchev–Trinajstić information content (AvgIpc) is 3.27. The standard InChI is InChI=1S/C16H22N2O3S/c19-8-7-18(12-5-6-12)15(20)10-17-16(21)14-9-11-3-1-2-4-13(11)22-14/h9,12,19H,1-8,10H2,(H,17,21). The quantitative estimate of drug-likeness (QED) is 0.830. The number of fused-ring (bicyclic) bond motifs is 1. The van der Waals surface area contributed by atoms with Crippen molar-refractivity contribution in [3.05, 3.63) is 21.4 Å². The molecule has 1 fully saturated rings. The van der Waals surface area contributed by atoms with Gasteiger partial charge < -0.3 is 15.3 Å². The van der Waals surface area contributed by atoms with Gasteiger partial charge in [0.1, 0.15) is 0 Å². The van der Waals surface area contributed by atoms with Crippen molar-refractivity contribution in [2.75, 3.05) is 19.7 Å². The zero-order valence-electron chi connectivity index (χ0n) is 12.6. The highest BCUT2D eigenvalue weighted by atomic mass is 32.1. The molecule has 120 valence electrons. The number of aryl methyl sites for hydroxylation is 2. The topological polar surface area (TPSA) is 69.6 Å². The lowest BCUT2D eigenvalue weighted by atomic mass is 9.99. The molecule has 22 heavy (non-hydrogen) atoms. The van der Waals surface area contributed by atoms with E-state index in [0.717, 1.165) is 25.7 Å². The van der Waals surface area contributed by atoms with Gasteiger partial charge in [0.05, 0.1) is 18.0 Å². The maximum Gasteiger partial charge on any atom is 0.261 e. The lowest BCUT2D eigenvalue weighted by molar-refractivity contribution is -0.131. The molecule has 0 spiro atoms. The van der Waals surface area contributed by atoms with Crippen LogP contribution in [-0.4, -0.2) is 47.6 Å². The number of carbonyl (C=O) groups excluding carboxylic acids is 2. The van der Waals surface area contributed by atoms with Gasteiger partial charge in [0.2, 0.25) is 5.91 Å². The Hall–Kier alpha value is -1.40. The van der Waals surface area contributed by atoms with E-state index >= 15 is 0 Å². The van der Waals surface area contributed by atoms with Crippen molar-refractivity contribution in [3.8, 4) is 0 Å². The second-order valence-corrected chi connectivity index (χ2v) is 7.13. The number of nitrogens with zero attached hydrogens (tertiary/aromatic N) is 1. The number of rotatable bonds is 6. The Bertz CT molecular complexity index is 542. The fourth-order valence-corrected chi connectivity index (χ4v) is 4.12. The largest absolute Gasteiger partial charge is 0.395 e. The SMILES string of the molecule is O=C(NCC(=O)N(CCO)C1CC1)c1cc2c(s1)CCCC2. The average molecular weight is 322 g/mol. The Kier molecular flexibility index (Phi) is 4.78. The summed E-state index contributed by atoms with van der Waals surface area (Å²) in [5.41, 5.74) is 1.30. The van der Waals surface area contributed by atoms with E-state index in [9.17, 15) is 9.59 Å². The number of hydrogen-bond donors (Lipinski definition) is 2. The third-order valence-corrected chi connectivity index (χ3v) is 5.51. The molecule has 0 radical (unpaired) electrons. The van der Waals surface area contributed by atoms with E-state index in [0.29, 0.717) is 11.4 Å². The van der Waals surface area contributed by atoms with Crippen LogP contribution in [0.5, 0.6) is 0 Å². The first-order chi connectivity index (χ1) is 10.7. The maximum absolute atomic E-state index is 12.2. The summed E-state index contributed by atoms with van der Waals surface area (Å²) in [6.07, 6.45) is 6.52. The second-order valence-electron chi connectivity index (χ2n) is 5.99. The molecule has 0 unspecified atom stereocenters. The molecule has 2 N–H and O–H groups in total. The van der Waals surface area contributed by atoms with Crippen LogP contribution in [-0.2, 0) is 17.6 Å². The van der Waals surface area contributed by atoms with E-state index in [1.54, 1.807) is 16.2 Å². The molecule has 2 amide bonds. The fraction of sp³-hybridized carbons (Fsp3) is 0.625. The smallest absolute Gasteiger partial charge is 0.261 e. The van der Waals surface area contributed by atoms with Gasteiger partial charge in [-0.15, -0.1) is 11.3 Å². The molecule has 0 bridgehead atoms. The number of amides is 2. The van der Waals surface area contributed by atoms with E-state index in [2.05, 4.69) is 5.32 Å². The summed E-state index contributed by atoms with van der Waals surface area (Å²) in [5.74, 6) is -0.265. The van der Waals surface area contributed by atoms with E-state index < -0.39 is 0 Å². The predicted octanol–water partition coefficient (Wildman–Crippen LogP) is 1.34. The maximum atomic E-state index is 12.2. The van der Waals surface area contributed by atoms with Crippen LogP contribution in [0.25, 0.3) is 0 Å². The number of thiophene rings is 1. The molecule has 3 rings (SSSR count). The minimum Gasteiger partial charge on any atom is -0.395 e. The highest BCUT2D eigenvalue weighted by molar-refractivity contribution is 7.14. The summed E-state index contributed by atoms with van der Waals surface area (Å²) in [6.45, 7) is 0.332. The molecule has 0 atom stereocenters. The van der Waals surface area contributed by atoms with Gasteiger partial charge >= 0.3 is 0 Å². The van der Waals surface area contributed by atoms with Crippen molar-refractivity contribution in [1.29, 1.82) is 0 Å². The molecule has 0 aromatic carbocycles. The Labute approximate surface area is 134 Å². The molecule has 5 nitrogen and oxygen atoms in total. The summed E-state index contributed by atoms with van der Waals surface area (Å²) < 4.78 is 0. The molecule has 2 aliphatic rings. The van der Waals surface area contributed by atoms with Gasteiger partial charge in [-0.25, -0.2) is 0 Å². The third-order valence-electron chi connectivity index (χ3n) is 4.27. The summed E-state index contributed by atoms with van der Waals surface area (Å²) in [5, 5.41) is 11.8. The molecule has 6 heteroatoms. The van der Waals surface area contributed by atoms with Crippen LogP contribution in [0.2, 0.25) is 0 Å². The van der Waals surface area contributed by atoms with Gasteiger partial charge in [0.15, 0.2) is 0 Å². The molecular formula is C16H22N2O3S. The van der Waals surface area contributed by atoms with Crippen molar-refractivity contribution < 1.29 is 14.7 Å². The molecule has 1 saturated carbocycles. The second kappa shape index (κ2) is 6.79. The van der Waals surface area contributed by atoms with Gasteiger partial charge in [-0.1, -0.05) is 0 Å². The number of carbonyl (C=O) groups is 2. The highest BCUT2D eigenvalue weighted by Gasteiger charge is 2.32. The number of aliphatic hydroxyl groups is 1. The molecular weight excluding hydrogens is 300 g/mol. The van der Waals surface area contributed by atoms with Gasteiger partial charge in [0, 0.05) is 17.5 Å². The molecule has 1 aromatic rings. The molecule has 2 aliphatic carbocycles. The van der Waals surface area contributed by atoms with Crippen LogP contribution < -0.4 is 5.32 Å². The molecule has 0 aliphatic heterocycles. The normalized spacial score (nSPS) is 17.0. The van der Waals surface area contributed by atoms with Crippen LogP contribution >= 0.6 is 11.3 Å². The zero-order valence-corrected chi connectivity index (χ0v) is 13.5. The lowest BCUT2D eigenvalue weighted by Gasteiger charge is -2.21. The van der Waals surface area contributed by atoms with E-state index in [1.165, 1.54) is 23.3 Å². The van der Waals surface area contributed by atoms with Gasteiger partial charge in [-0.05, 0) is 50.2 Å². The van der Waals surface area contributed by atoms with E-state index in [4.69, 9.17) is 5.11 Å². The summed E-state index contributed by atoms with van der Waals surface area (Å²) in [4.78, 5) is 28.1. The lowest BCUT2D eigenvalue weighted by Crippen LogP contribution is -2.42. The molecule has 0 saturated heterocycles. The van der Waals surface area contributed by atoms with E-state index in [-0.39, 0.29) is 31.0 Å². The van der Waals surface area contributed by atoms with Crippen LogP contribution in [0.15, 0.2) is 6.07 Å². The van der Waals surface area contributed by atoms with Gasteiger partial charge in [0.25, 0.3) is 5.91 Å². The first-order valence-corrected chi connectivity index (χ1v) is 8.81. The highest BCUT2D eigenvalue weighted by Crippen LogP contribution is 2.29. The summed E-state index contributed by atoms with van der Waals surface area (Å²) >= 11 is 1.56. The number of hydrogen-bond acceptors (Lipinski definition) is 4. The van der Waals surface area contributed by atoms with Crippen molar-refractivity contribution in [2.24, 2.45) is 0 Å². The number of aliphatic hydroxyl groups excluding tert-OH is 1. The van der Waals surface area contributed by atoms with Gasteiger partial charge in [-0.3, -0.25) is 9.59 Å². The Morgan fingerprint density at radius 3 is 2.77 bits per heavy atom. The third kappa shape index (κ3) is 3.50. The van der Waals surface area contributed by atoms with Crippen molar-refractivity contribution in [2.45, 2.75) is 44.6 Å². The van der Waals surface area contributed by atoms with Crippen molar-refractivity contribution >= 4 is 23.2 Å². The fourth-order valence-electron chi connectivity index (χ4n) is 2.95. The Morgan fingerprint density at radius 2 is 2.09 bits per heavy atom. The first kappa shape index (κ1) is 15.5. The monoisotopic (exact) mass is 322 g/mol. The Morgan fingerprint density at radius 1 is 1.32 bits per heavy atom. The number of nitrogens with one attached hydrogen (secondary N) is 1. The minimum atomic E-state index is -0.160. The van der Waals surface area contributed by atoms with Crippen LogP contribution in [0.1, 0.15) is 45.8 Å². The molecule has 1 heterocycles. The van der Waals surface area contributed by atoms with Crippen LogP contribution in [0.4, 0.5) is 0 Å². The first-order valence-electron chi connectivity index (χ1n) is 7.99.